The SMILES string of the molecule is CCC(C)CC(=O)Cc1ccc(Br)cn1. The van der Waals surface area contributed by atoms with Gasteiger partial charge in [0.2, 0.25) is 0 Å². The molecule has 15 heavy (non-hydrogen) atoms. The van der Waals surface area contributed by atoms with E-state index in [1.165, 1.54) is 0 Å². The van der Waals surface area contributed by atoms with Crippen LogP contribution in [0.25, 0.3) is 0 Å². The molecular formula is C12H16BrNO. The molecule has 0 amide bonds. The van der Waals surface area contributed by atoms with Gasteiger partial charge in [0.05, 0.1) is 0 Å². The summed E-state index contributed by atoms with van der Waals surface area (Å²) in [4.78, 5) is 15.8. The van der Waals surface area contributed by atoms with E-state index in [4.69, 9.17) is 0 Å². The van der Waals surface area contributed by atoms with E-state index in [-0.39, 0.29) is 5.78 Å². The average Bonchev–Trinajstić information content (AvgIpc) is 2.21. The van der Waals surface area contributed by atoms with E-state index in [1.54, 1.807) is 6.20 Å². The van der Waals surface area contributed by atoms with Crippen LogP contribution in [0.2, 0.25) is 0 Å². The molecule has 1 aromatic heterocycles. The minimum atomic E-state index is 0.277. The van der Waals surface area contributed by atoms with Gasteiger partial charge in [-0.2, -0.15) is 0 Å². The summed E-state index contributed by atoms with van der Waals surface area (Å²) in [5, 5.41) is 0. The number of carbonyl (C=O) groups excluding carboxylic acids is 1. The summed E-state index contributed by atoms with van der Waals surface area (Å²) >= 11 is 3.32. The highest BCUT2D eigenvalue weighted by atomic mass is 79.9. The molecule has 3 heteroatoms. The molecule has 1 rings (SSSR count). The van der Waals surface area contributed by atoms with E-state index in [0.29, 0.717) is 18.8 Å². The second-order valence-electron chi connectivity index (χ2n) is 3.90. The summed E-state index contributed by atoms with van der Waals surface area (Å²) in [5.74, 6) is 0.757. The van der Waals surface area contributed by atoms with Crippen molar-refractivity contribution in [1.29, 1.82) is 0 Å². The van der Waals surface area contributed by atoms with Gasteiger partial charge in [-0.1, -0.05) is 20.3 Å². The number of carbonyl (C=O) groups is 1. The Bertz CT molecular complexity index is 321. The van der Waals surface area contributed by atoms with E-state index in [2.05, 4.69) is 34.8 Å². The maximum absolute atomic E-state index is 11.6. The maximum Gasteiger partial charge on any atom is 0.139 e. The zero-order chi connectivity index (χ0) is 11.3. The highest BCUT2D eigenvalue weighted by Crippen LogP contribution is 2.11. The van der Waals surface area contributed by atoms with Crippen LogP contribution < -0.4 is 0 Å². The first-order valence-corrected chi connectivity index (χ1v) is 6.03. The molecule has 1 unspecified atom stereocenters. The molecular weight excluding hydrogens is 254 g/mol. The van der Waals surface area contributed by atoms with Gasteiger partial charge < -0.3 is 0 Å². The number of hydrogen-bond acceptors (Lipinski definition) is 2. The summed E-state index contributed by atoms with van der Waals surface area (Å²) in [6.45, 7) is 4.21. The van der Waals surface area contributed by atoms with Crippen molar-refractivity contribution in [2.24, 2.45) is 5.92 Å². The number of pyridine rings is 1. The third-order valence-electron chi connectivity index (χ3n) is 2.44. The standard InChI is InChI=1S/C12H16BrNO/c1-3-9(2)6-12(15)7-11-5-4-10(13)8-14-11/h4-5,8-9H,3,6-7H2,1-2H3. The van der Waals surface area contributed by atoms with Crippen molar-refractivity contribution in [3.8, 4) is 0 Å². The molecule has 0 aliphatic rings. The Kier molecular flexibility index (Phi) is 4.95. The molecule has 1 aromatic rings. The second kappa shape index (κ2) is 6.01. The smallest absolute Gasteiger partial charge is 0.139 e. The van der Waals surface area contributed by atoms with Gasteiger partial charge in [0.1, 0.15) is 5.78 Å². The molecule has 1 atom stereocenters. The predicted molar refractivity (Wildman–Crippen MR) is 64.7 cm³/mol. The van der Waals surface area contributed by atoms with E-state index in [9.17, 15) is 4.79 Å². The molecule has 0 saturated heterocycles. The molecule has 82 valence electrons. The molecule has 0 aromatic carbocycles. The van der Waals surface area contributed by atoms with Crippen molar-refractivity contribution in [2.45, 2.75) is 33.1 Å². The van der Waals surface area contributed by atoms with Crippen molar-refractivity contribution in [1.82, 2.24) is 4.98 Å². The average molecular weight is 270 g/mol. The van der Waals surface area contributed by atoms with Crippen molar-refractivity contribution in [3.63, 3.8) is 0 Å². The molecule has 0 radical (unpaired) electrons. The van der Waals surface area contributed by atoms with Crippen LogP contribution in [-0.4, -0.2) is 10.8 Å². The van der Waals surface area contributed by atoms with E-state index in [1.807, 2.05) is 12.1 Å². The summed E-state index contributed by atoms with van der Waals surface area (Å²) in [7, 11) is 0. The minimum absolute atomic E-state index is 0.277. The predicted octanol–water partition coefficient (Wildman–Crippen LogP) is 3.39. The van der Waals surface area contributed by atoms with Gasteiger partial charge in [0.25, 0.3) is 0 Å². The van der Waals surface area contributed by atoms with E-state index < -0.39 is 0 Å². The van der Waals surface area contributed by atoms with Crippen LogP contribution in [0.15, 0.2) is 22.8 Å². The third kappa shape index (κ3) is 4.56. The number of Topliss-reactive ketones (excluding diaryl/α,β-unsaturated/α-hetero) is 1. The normalized spacial score (nSPS) is 12.5. The zero-order valence-electron chi connectivity index (χ0n) is 9.16. The first kappa shape index (κ1) is 12.4. The van der Waals surface area contributed by atoms with Crippen LogP contribution in [0.3, 0.4) is 0 Å². The Morgan fingerprint density at radius 2 is 2.27 bits per heavy atom. The van der Waals surface area contributed by atoms with Gasteiger partial charge in [-0.05, 0) is 34.0 Å². The van der Waals surface area contributed by atoms with Crippen LogP contribution in [0.1, 0.15) is 32.4 Å². The van der Waals surface area contributed by atoms with Crippen molar-refractivity contribution >= 4 is 21.7 Å². The largest absolute Gasteiger partial charge is 0.299 e. The van der Waals surface area contributed by atoms with Gasteiger partial charge in [-0.25, -0.2) is 0 Å². The minimum Gasteiger partial charge on any atom is -0.299 e. The lowest BCUT2D eigenvalue weighted by atomic mass is 10.00. The quantitative estimate of drug-likeness (QED) is 0.820. The van der Waals surface area contributed by atoms with Crippen LogP contribution in [0.5, 0.6) is 0 Å². The lowest BCUT2D eigenvalue weighted by molar-refractivity contribution is -0.119. The van der Waals surface area contributed by atoms with Crippen molar-refractivity contribution < 1.29 is 4.79 Å². The molecule has 2 nitrogen and oxygen atoms in total. The lowest BCUT2D eigenvalue weighted by Gasteiger charge is -2.06. The summed E-state index contributed by atoms with van der Waals surface area (Å²) < 4.78 is 0.945. The first-order valence-electron chi connectivity index (χ1n) is 5.24. The molecule has 1 heterocycles. The molecule has 0 aliphatic heterocycles. The molecule has 0 aliphatic carbocycles. The molecule has 0 N–H and O–H groups in total. The lowest BCUT2D eigenvalue weighted by Crippen LogP contribution is -2.08. The fourth-order valence-electron chi connectivity index (χ4n) is 1.32. The van der Waals surface area contributed by atoms with Crippen LogP contribution in [-0.2, 0) is 11.2 Å². The first-order chi connectivity index (χ1) is 7.11. The van der Waals surface area contributed by atoms with Crippen molar-refractivity contribution in [3.05, 3.63) is 28.5 Å². The van der Waals surface area contributed by atoms with Gasteiger partial charge in [-0.15, -0.1) is 0 Å². The number of hydrogen-bond donors (Lipinski definition) is 0. The Hall–Kier alpha value is -0.700. The molecule has 0 saturated carbocycles. The van der Waals surface area contributed by atoms with Crippen LogP contribution in [0.4, 0.5) is 0 Å². The Balaban J connectivity index is 2.48. The Morgan fingerprint density at radius 1 is 1.53 bits per heavy atom. The number of ketones is 1. The Labute approximate surface area is 99.2 Å². The Morgan fingerprint density at radius 3 is 2.80 bits per heavy atom. The summed E-state index contributed by atoms with van der Waals surface area (Å²) in [6.07, 6.45) is 3.90. The van der Waals surface area contributed by atoms with Gasteiger partial charge in [-0.3, -0.25) is 9.78 Å². The molecule has 0 bridgehead atoms. The fraction of sp³-hybridized carbons (Fsp3) is 0.500. The van der Waals surface area contributed by atoms with Crippen LogP contribution in [0, 0.1) is 5.92 Å². The van der Waals surface area contributed by atoms with Gasteiger partial charge >= 0.3 is 0 Å². The van der Waals surface area contributed by atoms with Crippen LogP contribution >= 0.6 is 15.9 Å². The number of aromatic nitrogens is 1. The van der Waals surface area contributed by atoms with Gasteiger partial charge in [0, 0.05) is 29.2 Å². The zero-order valence-corrected chi connectivity index (χ0v) is 10.8. The van der Waals surface area contributed by atoms with E-state index >= 15 is 0 Å². The fourth-order valence-corrected chi connectivity index (χ4v) is 1.55. The topological polar surface area (TPSA) is 30.0 Å². The highest BCUT2D eigenvalue weighted by Gasteiger charge is 2.08. The summed E-state index contributed by atoms with van der Waals surface area (Å²) in [5.41, 5.74) is 0.853. The monoisotopic (exact) mass is 269 g/mol. The highest BCUT2D eigenvalue weighted by molar-refractivity contribution is 9.10. The number of rotatable bonds is 5. The number of halogens is 1. The van der Waals surface area contributed by atoms with E-state index in [0.717, 1.165) is 16.6 Å². The van der Waals surface area contributed by atoms with Crippen molar-refractivity contribution in [2.75, 3.05) is 0 Å². The second-order valence-corrected chi connectivity index (χ2v) is 4.82. The molecule has 0 fully saturated rings. The number of nitrogens with zero attached hydrogens (tertiary/aromatic N) is 1. The maximum atomic E-state index is 11.6. The third-order valence-corrected chi connectivity index (χ3v) is 2.91. The molecule has 0 spiro atoms. The summed E-state index contributed by atoms with van der Waals surface area (Å²) in [6, 6.07) is 3.80. The van der Waals surface area contributed by atoms with Gasteiger partial charge in [0.15, 0.2) is 0 Å².